The van der Waals surface area contributed by atoms with E-state index < -0.39 is 0 Å². The summed E-state index contributed by atoms with van der Waals surface area (Å²) in [6, 6.07) is 40.5. The maximum absolute atomic E-state index is 5.06. The molecule has 5 heterocycles. The van der Waals surface area contributed by atoms with E-state index in [0.29, 0.717) is 0 Å². The van der Waals surface area contributed by atoms with Crippen molar-refractivity contribution in [3.05, 3.63) is 132 Å². The van der Waals surface area contributed by atoms with Crippen molar-refractivity contribution in [2.75, 3.05) is 52.7 Å². The van der Waals surface area contributed by atoms with Crippen molar-refractivity contribution < 1.29 is 0 Å². The third-order valence-corrected chi connectivity index (χ3v) is 11.2. The van der Waals surface area contributed by atoms with Gasteiger partial charge < -0.3 is 20.0 Å². The summed E-state index contributed by atoms with van der Waals surface area (Å²) in [5.41, 5.74) is 6.22. The van der Waals surface area contributed by atoms with Crippen molar-refractivity contribution in [2.24, 2.45) is 0 Å². The lowest BCUT2D eigenvalue weighted by Crippen LogP contribution is -2.34. The van der Waals surface area contributed by atoms with Crippen LogP contribution in [-0.4, -0.2) is 52.7 Å². The molecule has 8 nitrogen and oxygen atoms in total. The quantitative estimate of drug-likeness (QED) is 0.183. The van der Waals surface area contributed by atoms with Crippen LogP contribution in [0, 0.1) is 0 Å². The highest BCUT2D eigenvalue weighted by atomic mass is 15.3. The third-order valence-electron chi connectivity index (χ3n) is 11.2. The second kappa shape index (κ2) is 15.7. The fourth-order valence-corrected chi connectivity index (χ4v) is 8.26. The number of anilines is 4. The highest BCUT2D eigenvalue weighted by Gasteiger charge is 2.23. The molecule has 0 saturated carbocycles. The largest absolute Gasteiger partial charge is 0.365 e. The molecular formula is C46H48N8. The summed E-state index contributed by atoms with van der Waals surface area (Å²) < 4.78 is 0. The maximum Gasteiger partial charge on any atom is 0.227 e. The number of hydrogen-bond acceptors (Lipinski definition) is 8. The average Bonchev–Trinajstić information content (AvgIpc) is 3.25. The van der Waals surface area contributed by atoms with Crippen LogP contribution in [0.4, 0.5) is 23.5 Å². The number of aromatic nitrogens is 4. The minimum atomic E-state index is 0.738. The zero-order valence-electron chi connectivity index (χ0n) is 31.0. The molecule has 2 aromatic heterocycles. The van der Waals surface area contributed by atoms with Gasteiger partial charge in [-0.05, 0) is 96.7 Å². The monoisotopic (exact) mass is 712 g/mol. The first kappa shape index (κ1) is 34.0. The van der Waals surface area contributed by atoms with Gasteiger partial charge in [0.2, 0.25) is 11.9 Å². The molecule has 0 spiro atoms. The van der Waals surface area contributed by atoms with Gasteiger partial charge in [0.25, 0.3) is 0 Å². The zero-order chi connectivity index (χ0) is 36.1. The number of para-hydroxylation sites is 2. The summed E-state index contributed by atoms with van der Waals surface area (Å²) in [5.74, 6) is 3.75. The number of piperidine rings is 2. The van der Waals surface area contributed by atoms with E-state index in [4.69, 9.17) is 19.9 Å². The molecular weight excluding hydrogens is 665 g/mol. The topological polar surface area (TPSA) is 73.3 Å². The molecule has 2 fully saturated rings. The zero-order valence-corrected chi connectivity index (χ0v) is 31.0. The lowest BCUT2D eigenvalue weighted by molar-refractivity contribution is 0.568. The Morgan fingerprint density at radius 2 is 1.04 bits per heavy atom. The summed E-state index contributed by atoms with van der Waals surface area (Å²) in [7, 11) is 0. The molecule has 0 bridgehead atoms. The van der Waals surface area contributed by atoms with Gasteiger partial charge in [0.1, 0.15) is 11.6 Å². The fraction of sp³-hybridized carbons (Fsp3) is 0.304. The standard InChI is InChI=1S/C24H24N4.C22H24N4/c1-6-15-28(16-7-1)24-26-22-14-5-4-13-21(22)23(27-24)25-17-19-11-8-10-18-9-2-3-12-20(18)19;1-6-13-25(14-7-1)22-23-20-11-5-4-10-19(20)21(24-22)26-15-12-17-8-2-3-9-18(17)16-26/h2-5,8-14H,1,6-7,15-17H2,(H,25,26,27);2-5,8-11H,1,6-7,12-16H2. The van der Waals surface area contributed by atoms with Crippen LogP contribution < -0.4 is 20.0 Å². The molecule has 1 N–H and O–H groups in total. The van der Waals surface area contributed by atoms with Crippen LogP contribution in [0.1, 0.15) is 55.2 Å². The first-order valence-corrected chi connectivity index (χ1v) is 19.8. The Labute approximate surface area is 317 Å². The third kappa shape index (κ3) is 7.25. The van der Waals surface area contributed by atoms with E-state index in [0.717, 1.165) is 97.6 Å². The highest BCUT2D eigenvalue weighted by Crippen LogP contribution is 2.32. The van der Waals surface area contributed by atoms with Gasteiger partial charge in [-0.1, -0.05) is 91.0 Å². The van der Waals surface area contributed by atoms with Gasteiger partial charge in [0.05, 0.1) is 11.0 Å². The van der Waals surface area contributed by atoms with Crippen molar-refractivity contribution in [3.63, 3.8) is 0 Å². The lowest BCUT2D eigenvalue weighted by atomic mass is 10.00. The van der Waals surface area contributed by atoms with Gasteiger partial charge in [-0.2, -0.15) is 9.97 Å². The molecule has 0 aliphatic carbocycles. The van der Waals surface area contributed by atoms with Crippen LogP contribution in [-0.2, 0) is 19.5 Å². The molecule has 0 radical (unpaired) electrons. The molecule has 3 aliphatic heterocycles. The van der Waals surface area contributed by atoms with Crippen LogP contribution in [0.3, 0.4) is 0 Å². The van der Waals surface area contributed by atoms with Gasteiger partial charge in [-0.15, -0.1) is 0 Å². The molecule has 54 heavy (non-hydrogen) atoms. The Kier molecular flexibility index (Phi) is 9.89. The summed E-state index contributed by atoms with van der Waals surface area (Å²) in [4.78, 5) is 26.8. The Hall–Kier alpha value is -5.76. The van der Waals surface area contributed by atoms with E-state index in [2.05, 4.69) is 129 Å². The summed E-state index contributed by atoms with van der Waals surface area (Å²) in [6.45, 7) is 6.90. The van der Waals surface area contributed by atoms with E-state index in [1.165, 1.54) is 66.0 Å². The Bertz CT molecular complexity index is 2370. The van der Waals surface area contributed by atoms with Crippen LogP contribution in [0.5, 0.6) is 0 Å². The molecule has 0 unspecified atom stereocenters. The Morgan fingerprint density at radius 3 is 1.78 bits per heavy atom. The van der Waals surface area contributed by atoms with Gasteiger partial charge in [0.15, 0.2) is 0 Å². The molecule has 0 amide bonds. The maximum atomic E-state index is 5.06. The molecule has 0 atom stereocenters. The number of benzene rings is 5. The van der Waals surface area contributed by atoms with Gasteiger partial charge in [-0.3, -0.25) is 0 Å². The first-order chi connectivity index (χ1) is 26.8. The van der Waals surface area contributed by atoms with Crippen molar-refractivity contribution >= 4 is 56.1 Å². The van der Waals surface area contributed by atoms with E-state index in [-0.39, 0.29) is 0 Å². The second-order valence-corrected chi connectivity index (χ2v) is 14.8. The number of nitrogens with one attached hydrogen (secondary N) is 1. The fourth-order valence-electron chi connectivity index (χ4n) is 8.26. The SMILES string of the molecule is c1ccc2c(CNc3nc(N4CCCCC4)nc4ccccc34)cccc2c1.c1ccc2c(c1)CCN(c1nc(N3CCCCC3)nc3ccccc13)C2. The van der Waals surface area contributed by atoms with Gasteiger partial charge >= 0.3 is 0 Å². The van der Waals surface area contributed by atoms with Gasteiger partial charge in [0, 0.05) is 56.6 Å². The van der Waals surface area contributed by atoms with E-state index in [1.54, 1.807) is 0 Å². The predicted molar refractivity (Wildman–Crippen MR) is 224 cm³/mol. The van der Waals surface area contributed by atoms with Crippen LogP contribution in [0.15, 0.2) is 115 Å². The first-order valence-electron chi connectivity index (χ1n) is 19.8. The molecule has 7 aromatic rings. The van der Waals surface area contributed by atoms with Crippen molar-refractivity contribution in [2.45, 2.75) is 58.0 Å². The minimum absolute atomic E-state index is 0.738. The van der Waals surface area contributed by atoms with Crippen molar-refractivity contribution in [3.8, 4) is 0 Å². The molecule has 3 aliphatic rings. The second-order valence-electron chi connectivity index (χ2n) is 14.8. The lowest BCUT2D eigenvalue weighted by Gasteiger charge is -2.32. The Balaban J connectivity index is 0.000000143. The molecule has 5 aromatic carbocycles. The summed E-state index contributed by atoms with van der Waals surface area (Å²) in [5, 5.41) is 8.38. The number of nitrogens with zero attached hydrogens (tertiary/aromatic N) is 7. The van der Waals surface area contributed by atoms with E-state index >= 15 is 0 Å². The van der Waals surface area contributed by atoms with Crippen molar-refractivity contribution in [1.29, 1.82) is 0 Å². The number of hydrogen-bond donors (Lipinski definition) is 1. The average molecular weight is 713 g/mol. The van der Waals surface area contributed by atoms with E-state index in [9.17, 15) is 0 Å². The number of rotatable bonds is 6. The molecule has 272 valence electrons. The van der Waals surface area contributed by atoms with E-state index in [1.807, 2.05) is 6.07 Å². The highest BCUT2D eigenvalue weighted by molar-refractivity contribution is 5.92. The Morgan fingerprint density at radius 1 is 0.463 bits per heavy atom. The smallest absolute Gasteiger partial charge is 0.227 e. The summed E-state index contributed by atoms with van der Waals surface area (Å²) in [6.07, 6.45) is 8.61. The van der Waals surface area contributed by atoms with Crippen LogP contribution in [0.25, 0.3) is 32.6 Å². The number of fused-ring (bicyclic) bond motifs is 4. The van der Waals surface area contributed by atoms with Gasteiger partial charge in [-0.25, -0.2) is 9.97 Å². The summed E-state index contributed by atoms with van der Waals surface area (Å²) >= 11 is 0. The normalized spacial score (nSPS) is 15.9. The molecule has 2 saturated heterocycles. The van der Waals surface area contributed by atoms with Crippen LogP contribution >= 0.6 is 0 Å². The molecule has 10 rings (SSSR count). The van der Waals surface area contributed by atoms with Crippen molar-refractivity contribution in [1.82, 2.24) is 19.9 Å². The van der Waals surface area contributed by atoms with Crippen LogP contribution in [0.2, 0.25) is 0 Å². The minimum Gasteiger partial charge on any atom is -0.365 e. The predicted octanol–water partition coefficient (Wildman–Crippen LogP) is 9.57. The molecule has 8 heteroatoms.